The first kappa shape index (κ1) is 16.0. The van der Waals surface area contributed by atoms with E-state index in [2.05, 4.69) is 20.3 Å². The van der Waals surface area contributed by atoms with Crippen molar-refractivity contribution in [3.63, 3.8) is 0 Å². The molecule has 0 fully saturated rings. The first-order valence-electron chi connectivity index (χ1n) is 8.08. The maximum absolute atomic E-state index is 13.7. The van der Waals surface area contributed by atoms with Crippen LogP contribution in [0.2, 0.25) is 0 Å². The van der Waals surface area contributed by atoms with Crippen molar-refractivity contribution >= 4 is 22.8 Å². The van der Waals surface area contributed by atoms with Crippen molar-refractivity contribution in [3.8, 4) is 22.4 Å². The Morgan fingerprint density at radius 3 is 2.65 bits per heavy atom. The van der Waals surface area contributed by atoms with Crippen LogP contribution in [-0.4, -0.2) is 20.9 Å². The highest BCUT2D eigenvalue weighted by Gasteiger charge is 2.17. The average Bonchev–Trinajstić information content (AvgIpc) is 3.00. The number of hydrogen-bond donors (Lipinski definition) is 2. The predicted molar refractivity (Wildman–Crippen MR) is 99.0 cm³/mol. The monoisotopic (exact) mass is 346 g/mol. The molecule has 1 amide bonds. The molecular formula is C20H15FN4O. The molecule has 1 aromatic carbocycles. The third-order valence-electron chi connectivity index (χ3n) is 4.02. The fourth-order valence-electron chi connectivity index (χ4n) is 2.99. The minimum Gasteiger partial charge on any atom is -0.353 e. The van der Waals surface area contributed by atoms with Gasteiger partial charge in [0.15, 0.2) is 0 Å². The Labute approximate surface area is 148 Å². The Balaban J connectivity index is 1.96. The third-order valence-corrected chi connectivity index (χ3v) is 4.02. The van der Waals surface area contributed by atoms with Crippen LogP contribution in [-0.2, 0) is 4.79 Å². The van der Waals surface area contributed by atoms with Gasteiger partial charge in [0.2, 0.25) is 5.91 Å². The zero-order valence-corrected chi connectivity index (χ0v) is 14.0. The summed E-state index contributed by atoms with van der Waals surface area (Å²) in [5.41, 5.74) is 4.74. The molecule has 0 atom stereocenters. The van der Waals surface area contributed by atoms with E-state index in [4.69, 9.17) is 0 Å². The van der Waals surface area contributed by atoms with Crippen LogP contribution < -0.4 is 5.32 Å². The molecule has 0 aliphatic heterocycles. The molecule has 3 heterocycles. The zero-order valence-electron chi connectivity index (χ0n) is 14.0. The number of fused-ring (bicyclic) bond motifs is 1. The lowest BCUT2D eigenvalue weighted by molar-refractivity contribution is -0.114. The fraction of sp³-hybridized carbons (Fsp3) is 0.0500. The highest BCUT2D eigenvalue weighted by atomic mass is 19.1. The number of aromatic nitrogens is 3. The number of H-pyrrole nitrogens is 1. The molecule has 0 unspecified atom stereocenters. The van der Waals surface area contributed by atoms with Crippen LogP contribution in [0.4, 0.5) is 10.2 Å². The van der Waals surface area contributed by atoms with E-state index >= 15 is 0 Å². The maximum Gasteiger partial charge on any atom is 0.222 e. The number of aromatic amines is 1. The summed E-state index contributed by atoms with van der Waals surface area (Å²) in [6.45, 7) is 1.43. The smallest absolute Gasteiger partial charge is 0.222 e. The molecule has 0 saturated carbocycles. The number of pyridine rings is 2. The fourth-order valence-corrected chi connectivity index (χ4v) is 2.99. The molecule has 0 aliphatic carbocycles. The first-order valence-corrected chi connectivity index (χ1v) is 8.08. The lowest BCUT2D eigenvalue weighted by atomic mass is 10.0. The van der Waals surface area contributed by atoms with Crippen molar-refractivity contribution in [2.45, 2.75) is 6.92 Å². The van der Waals surface area contributed by atoms with Gasteiger partial charge >= 0.3 is 0 Å². The first-order chi connectivity index (χ1) is 12.6. The van der Waals surface area contributed by atoms with Gasteiger partial charge in [0.25, 0.3) is 0 Å². The summed E-state index contributed by atoms with van der Waals surface area (Å²) in [6, 6.07) is 14.8. The molecule has 0 saturated heterocycles. The summed E-state index contributed by atoms with van der Waals surface area (Å²) >= 11 is 0. The number of hydrogen-bond acceptors (Lipinski definition) is 3. The Kier molecular flexibility index (Phi) is 3.93. The molecule has 0 radical (unpaired) electrons. The molecule has 4 rings (SSSR count). The topological polar surface area (TPSA) is 70.7 Å². The van der Waals surface area contributed by atoms with E-state index in [1.165, 1.54) is 19.2 Å². The van der Waals surface area contributed by atoms with Crippen molar-refractivity contribution in [2.24, 2.45) is 0 Å². The van der Waals surface area contributed by atoms with E-state index in [0.717, 1.165) is 22.4 Å². The van der Waals surface area contributed by atoms with Crippen LogP contribution in [0.3, 0.4) is 0 Å². The SMILES string of the molecule is CC(=O)Nc1cc(-c2[nH]c3cc(F)cnc3c2-c2ccccc2)ccn1. The quantitative estimate of drug-likeness (QED) is 0.578. The number of rotatable bonds is 3. The normalized spacial score (nSPS) is 10.8. The number of amides is 1. The summed E-state index contributed by atoms with van der Waals surface area (Å²) in [5, 5.41) is 2.68. The van der Waals surface area contributed by atoms with Crippen molar-refractivity contribution in [3.05, 3.63) is 66.7 Å². The number of benzene rings is 1. The molecule has 128 valence electrons. The lowest BCUT2D eigenvalue weighted by Gasteiger charge is -2.07. The molecular weight excluding hydrogens is 331 g/mol. The molecule has 6 heteroatoms. The lowest BCUT2D eigenvalue weighted by Crippen LogP contribution is -2.07. The van der Waals surface area contributed by atoms with E-state index in [1.54, 1.807) is 12.3 Å². The number of carbonyl (C=O) groups excluding carboxylic acids is 1. The van der Waals surface area contributed by atoms with Crippen molar-refractivity contribution in [1.29, 1.82) is 0 Å². The van der Waals surface area contributed by atoms with Crippen LogP contribution in [0.25, 0.3) is 33.4 Å². The van der Waals surface area contributed by atoms with Gasteiger partial charge in [-0.2, -0.15) is 0 Å². The third kappa shape index (κ3) is 2.93. The highest BCUT2D eigenvalue weighted by Crippen LogP contribution is 2.37. The number of anilines is 1. The van der Waals surface area contributed by atoms with Crippen molar-refractivity contribution in [2.75, 3.05) is 5.32 Å². The van der Waals surface area contributed by atoms with Crippen LogP contribution >= 0.6 is 0 Å². The Bertz CT molecular complexity index is 1110. The Hall–Kier alpha value is -3.54. The van der Waals surface area contributed by atoms with Gasteiger partial charge < -0.3 is 10.3 Å². The van der Waals surface area contributed by atoms with E-state index < -0.39 is 5.82 Å². The Morgan fingerprint density at radius 1 is 1.08 bits per heavy atom. The van der Waals surface area contributed by atoms with Gasteiger partial charge in [-0.25, -0.2) is 9.37 Å². The van der Waals surface area contributed by atoms with E-state index in [9.17, 15) is 9.18 Å². The van der Waals surface area contributed by atoms with Gasteiger partial charge in [-0.3, -0.25) is 9.78 Å². The number of carbonyl (C=O) groups is 1. The second kappa shape index (κ2) is 6.40. The predicted octanol–water partition coefficient (Wildman–Crippen LogP) is 4.39. The molecule has 2 N–H and O–H groups in total. The van der Waals surface area contributed by atoms with Crippen LogP contribution in [0.15, 0.2) is 60.9 Å². The molecule has 0 bridgehead atoms. The van der Waals surface area contributed by atoms with Crippen LogP contribution in [0.1, 0.15) is 6.92 Å². The average molecular weight is 346 g/mol. The number of nitrogens with one attached hydrogen (secondary N) is 2. The van der Waals surface area contributed by atoms with E-state index in [1.807, 2.05) is 36.4 Å². The van der Waals surface area contributed by atoms with Gasteiger partial charge in [-0.1, -0.05) is 30.3 Å². The number of halogens is 1. The van der Waals surface area contributed by atoms with Gasteiger partial charge in [0.05, 0.1) is 22.9 Å². The van der Waals surface area contributed by atoms with Crippen molar-refractivity contribution in [1.82, 2.24) is 15.0 Å². The van der Waals surface area contributed by atoms with E-state index in [-0.39, 0.29) is 5.91 Å². The summed E-state index contributed by atoms with van der Waals surface area (Å²) in [7, 11) is 0. The zero-order chi connectivity index (χ0) is 18.1. The Morgan fingerprint density at radius 2 is 1.88 bits per heavy atom. The second-order valence-electron chi connectivity index (χ2n) is 5.90. The minimum absolute atomic E-state index is 0.196. The van der Waals surface area contributed by atoms with Crippen LogP contribution in [0.5, 0.6) is 0 Å². The summed E-state index contributed by atoms with van der Waals surface area (Å²) in [5.74, 6) is -0.149. The standard InChI is InChI=1S/C20H15FN4O/c1-12(26)24-17-9-14(7-8-22-17)19-18(13-5-3-2-4-6-13)20-16(25-19)10-15(21)11-23-20/h2-11,25H,1H3,(H,22,24,26). The summed E-state index contributed by atoms with van der Waals surface area (Å²) in [6.07, 6.45) is 2.83. The molecule has 0 spiro atoms. The molecule has 26 heavy (non-hydrogen) atoms. The van der Waals surface area contributed by atoms with Crippen LogP contribution in [0, 0.1) is 5.82 Å². The molecule has 5 nitrogen and oxygen atoms in total. The second-order valence-corrected chi connectivity index (χ2v) is 5.90. The molecule has 0 aliphatic rings. The maximum atomic E-state index is 13.7. The van der Waals surface area contributed by atoms with Gasteiger partial charge in [-0.05, 0) is 17.7 Å². The molecule has 4 aromatic rings. The highest BCUT2D eigenvalue weighted by molar-refractivity contribution is 6.01. The summed E-state index contributed by atoms with van der Waals surface area (Å²) < 4.78 is 13.7. The molecule has 3 aromatic heterocycles. The van der Waals surface area contributed by atoms with Gasteiger partial charge in [0.1, 0.15) is 11.6 Å². The summed E-state index contributed by atoms with van der Waals surface area (Å²) in [4.78, 5) is 23.0. The largest absolute Gasteiger partial charge is 0.353 e. The van der Waals surface area contributed by atoms with Gasteiger partial charge in [0, 0.05) is 30.3 Å². The van der Waals surface area contributed by atoms with Gasteiger partial charge in [-0.15, -0.1) is 0 Å². The van der Waals surface area contributed by atoms with E-state index in [0.29, 0.717) is 16.9 Å². The number of nitrogens with zero attached hydrogens (tertiary/aromatic N) is 2. The van der Waals surface area contributed by atoms with Crippen molar-refractivity contribution < 1.29 is 9.18 Å². The minimum atomic E-state index is -0.404.